The fourth-order valence-corrected chi connectivity index (χ4v) is 4.26. The van der Waals surface area contributed by atoms with Crippen LogP contribution in [0.25, 0.3) is 0 Å². The summed E-state index contributed by atoms with van der Waals surface area (Å²) in [4.78, 5) is 28.9. The molecule has 0 aliphatic carbocycles. The predicted molar refractivity (Wildman–Crippen MR) is 153 cm³/mol. The van der Waals surface area contributed by atoms with Gasteiger partial charge in [0.25, 0.3) is 0 Å². The molecule has 0 fully saturated rings. The predicted octanol–water partition coefficient (Wildman–Crippen LogP) is 5.42. The molecule has 0 bridgehead atoms. The number of rotatable bonds is 16. The van der Waals surface area contributed by atoms with Crippen molar-refractivity contribution in [2.24, 2.45) is 0 Å². The van der Waals surface area contributed by atoms with Gasteiger partial charge >= 0.3 is 0 Å². The Morgan fingerprint density at radius 3 is 2.21 bits per heavy atom. The van der Waals surface area contributed by atoms with Gasteiger partial charge in [-0.15, -0.1) is 0 Å². The van der Waals surface area contributed by atoms with Crippen LogP contribution >= 0.6 is 0 Å². The Labute approximate surface area is 232 Å². The number of nitrogens with one attached hydrogen (secondary N) is 1. The molecule has 1 atom stereocenters. The summed E-state index contributed by atoms with van der Waals surface area (Å²) in [5.41, 5.74) is 1.90. The fraction of sp³-hybridized carbons (Fsp3) is 0.375. The average molecular weight is 533 g/mol. The molecule has 0 aromatic heterocycles. The largest absolute Gasteiger partial charge is 0.497 e. The van der Waals surface area contributed by atoms with Crippen LogP contribution < -0.4 is 19.5 Å². The number of ether oxygens (including phenoxy) is 3. The Hall–Kier alpha value is -4.00. The maximum absolute atomic E-state index is 13.7. The second-order valence-electron chi connectivity index (χ2n) is 9.35. The Bertz CT molecular complexity index is 1150. The van der Waals surface area contributed by atoms with Gasteiger partial charge in [0.2, 0.25) is 11.8 Å². The Balaban J connectivity index is 1.77. The van der Waals surface area contributed by atoms with Crippen LogP contribution in [0.4, 0.5) is 0 Å². The van der Waals surface area contributed by atoms with Gasteiger partial charge in [-0.25, -0.2) is 0 Å². The monoisotopic (exact) mass is 532 g/mol. The first-order valence-corrected chi connectivity index (χ1v) is 13.5. The van der Waals surface area contributed by atoms with E-state index < -0.39 is 6.04 Å². The van der Waals surface area contributed by atoms with E-state index >= 15 is 0 Å². The molecule has 0 saturated carbocycles. The molecule has 0 spiro atoms. The zero-order valence-corrected chi connectivity index (χ0v) is 23.2. The first-order valence-electron chi connectivity index (χ1n) is 13.5. The van der Waals surface area contributed by atoms with Crippen molar-refractivity contribution in [2.45, 2.75) is 51.6 Å². The van der Waals surface area contributed by atoms with Crippen molar-refractivity contribution in [2.75, 3.05) is 27.4 Å². The molecule has 0 unspecified atom stereocenters. The quantitative estimate of drug-likeness (QED) is 0.249. The minimum atomic E-state index is -0.648. The van der Waals surface area contributed by atoms with Crippen LogP contribution in [0.1, 0.15) is 43.7 Å². The van der Waals surface area contributed by atoms with Crippen LogP contribution in [0.5, 0.6) is 17.2 Å². The highest BCUT2D eigenvalue weighted by atomic mass is 16.5. The lowest BCUT2D eigenvalue weighted by molar-refractivity contribution is -0.141. The van der Waals surface area contributed by atoms with Crippen LogP contribution in [0.3, 0.4) is 0 Å². The summed E-state index contributed by atoms with van der Waals surface area (Å²) in [7, 11) is 3.23. The van der Waals surface area contributed by atoms with E-state index in [0.717, 1.165) is 29.7 Å². The van der Waals surface area contributed by atoms with Gasteiger partial charge in [-0.1, -0.05) is 55.8 Å². The van der Waals surface area contributed by atoms with E-state index in [9.17, 15) is 9.59 Å². The van der Waals surface area contributed by atoms with Crippen molar-refractivity contribution >= 4 is 11.8 Å². The lowest BCUT2D eigenvalue weighted by atomic mass is 10.0. The summed E-state index contributed by atoms with van der Waals surface area (Å²) in [5.74, 6) is 1.95. The zero-order chi connectivity index (χ0) is 27.9. The summed E-state index contributed by atoms with van der Waals surface area (Å²) >= 11 is 0. The third-order valence-corrected chi connectivity index (χ3v) is 6.45. The van der Waals surface area contributed by atoms with Crippen LogP contribution in [0.2, 0.25) is 0 Å². The van der Waals surface area contributed by atoms with Crippen molar-refractivity contribution in [3.63, 3.8) is 0 Å². The van der Waals surface area contributed by atoms with Gasteiger partial charge in [0.05, 0.1) is 20.8 Å². The summed E-state index contributed by atoms with van der Waals surface area (Å²) in [6.07, 6.45) is 3.07. The molecule has 0 aliphatic rings. The molecule has 1 N–H and O–H groups in total. The van der Waals surface area contributed by atoms with E-state index in [1.165, 1.54) is 0 Å². The summed E-state index contributed by atoms with van der Waals surface area (Å²) in [5, 5.41) is 3.05. The van der Waals surface area contributed by atoms with E-state index in [4.69, 9.17) is 14.2 Å². The Kier molecular flexibility index (Phi) is 12.2. The molecule has 3 rings (SSSR count). The Morgan fingerprint density at radius 2 is 1.51 bits per heavy atom. The molecular formula is C32H40N2O5. The molecular weight excluding hydrogens is 492 g/mol. The van der Waals surface area contributed by atoms with Gasteiger partial charge < -0.3 is 24.4 Å². The molecule has 7 nitrogen and oxygen atoms in total. The minimum absolute atomic E-state index is 0.0947. The van der Waals surface area contributed by atoms with Gasteiger partial charge in [-0.2, -0.15) is 0 Å². The molecule has 208 valence electrons. The number of nitrogens with zero attached hydrogens (tertiary/aromatic N) is 1. The molecule has 0 aliphatic heterocycles. The van der Waals surface area contributed by atoms with Crippen molar-refractivity contribution in [1.29, 1.82) is 0 Å². The zero-order valence-electron chi connectivity index (χ0n) is 23.2. The van der Waals surface area contributed by atoms with Crippen molar-refractivity contribution in [3.8, 4) is 17.2 Å². The van der Waals surface area contributed by atoms with Crippen molar-refractivity contribution in [3.05, 3.63) is 90.0 Å². The highest BCUT2D eigenvalue weighted by molar-refractivity contribution is 5.88. The third-order valence-electron chi connectivity index (χ3n) is 6.45. The number of unbranched alkanes of at least 4 members (excludes halogenated alkanes) is 1. The minimum Gasteiger partial charge on any atom is -0.497 e. The normalized spacial score (nSPS) is 11.4. The van der Waals surface area contributed by atoms with E-state index in [2.05, 4.69) is 12.2 Å². The third kappa shape index (κ3) is 9.67. The molecule has 0 heterocycles. The fourth-order valence-electron chi connectivity index (χ4n) is 4.26. The van der Waals surface area contributed by atoms with Gasteiger partial charge in [-0.3, -0.25) is 9.59 Å². The first-order chi connectivity index (χ1) is 19.0. The lowest BCUT2D eigenvalue weighted by Gasteiger charge is -2.32. The molecule has 3 aromatic carbocycles. The van der Waals surface area contributed by atoms with Crippen LogP contribution in [-0.2, 0) is 22.6 Å². The number of carbonyl (C=O) groups excluding carboxylic acids is 2. The maximum atomic E-state index is 13.7. The Morgan fingerprint density at radius 1 is 0.821 bits per heavy atom. The van der Waals surface area contributed by atoms with E-state index in [1.807, 2.05) is 78.9 Å². The molecule has 2 amide bonds. The summed E-state index contributed by atoms with van der Waals surface area (Å²) in [6.45, 7) is 3.35. The summed E-state index contributed by atoms with van der Waals surface area (Å²) < 4.78 is 16.4. The van der Waals surface area contributed by atoms with E-state index in [0.29, 0.717) is 44.0 Å². The molecule has 3 aromatic rings. The highest BCUT2D eigenvalue weighted by Crippen LogP contribution is 2.20. The van der Waals surface area contributed by atoms with Gasteiger partial charge in [0, 0.05) is 25.9 Å². The highest BCUT2D eigenvalue weighted by Gasteiger charge is 2.30. The number of hydrogen-bond donors (Lipinski definition) is 1. The van der Waals surface area contributed by atoms with E-state index in [1.54, 1.807) is 19.1 Å². The average Bonchev–Trinajstić information content (AvgIpc) is 2.98. The van der Waals surface area contributed by atoms with Crippen LogP contribution in [0.15, 0.2) is 78.9 Å². The molecule has 0 saturated heterocycles. The van der Waals surface area contributed by atoms with Crippen LogP contribution in [-0.4, -0.2) is 50.1 Å². The molecule has 7 heteroatoms. The molecule has 0 radical (unpaired) electrons. The van der Waals surface area contributed by atoms with E-state index in [-0.39, 0.29) is 18.2 Å². The first kappa shape index (κ1) is 29.6. The second-order valence-corrected chi connectivity index (χ2v) is 9.35. The SMILES string of the molecule is CCCCNC(=O)[C@H](Cc1ccccc1)N(Cc1cccc(OC)c1)C(=O)CCCOc1ccc(OC)cc1. The number of amides is 2. The molecule has 39 heavy (non-hydrogen) atoms. The second kappa shape index (κ2) is 16.1. The van der Waals surface area contributed by atoms with Gasteiger partial charge in [0.15, 0.2) is 0 Å². The van der Waals surface area contributed by atoms with Crippen molar-refractivity contribution in [1.82, 2.24) is 10.2 Å². The van der Waals surface area contributed by atoms with Gasteiger partial charge in [0.1, 0.15) is 23.3 Å². The number of hydrogen-bond acceptors (Lipinski definition) is 5. The number of benzene rings is 3. The maximum Gasteiger partial charge on any atom is 0.243 e. The van der Waals surface area contributed by atoms with Crippen molar-refractivity contribution < 1.29 is 23.8 Å². The number of carbonyl (C=O) groups is 2. The summed E-state index contributed by atoms with van der Waals surface area (Å²) in [6, 6.07) is 24.1. The smallest absolute Gasteiger partial charge is 0.243 e. The topological polar surface area (TPSA) is 77.1 Å². The lowest BCUT2D eigenvalue weighted by Crippen LogP contribution is -2.50. The number of methoxy groups -OCH3 is 2. The van der Waals surface area contributed by atoms with Gasteiger partial charge in [-0.05, 0) is 60.4 Å². The standard InChI is InChI=1S/C32H40N2O5/c1-4-5-20-33-32(36)30(23-25-11-7-6-8-12-25)34(24-26-13-9-14-29(22-26)38-3)31(35)15-10-21-39-28-18-16-27(37-2)17-19-28/h6-9,11-14,16-19,22,30H,4-5,10,15,20-21,23-24H2,1-3H3,(H,33,36)/t30-/m0/s1. The van der Waals surface area contributed by atoms with Crippen LogP contribution in [0, 0.1) is 0 Å².